The number of Topliss-reactive ketones (excluding diaryl/α,β-unsaturated/α-hetero) is 1. The SMILES string of the molecule is C/C=C\CC1CC(=O)CC1CC(=O)O.N. The van der Waals surface area contributed by atoms with Crippen molar-refractivity contribution in [3.05, 3.63) is 12.2 Å². The second-order valence-corrected chi connectivity index (χ2v) is 3.87. The van der Waals surface area contributed by atoms with Gasteiger partial charge in [-0.1, -0.05) is 12.2 Å². The van der Waals surface area contributed by atoms with Crippen molar-refractivity contribution in [1.29, 1.82) is 0 Å². The Kier molecular flexibility index (Phi) is 5.86. The highest BCUT2D eigenvalue weighted by atomic mass is 16.4. The molecule has 0 aliphatic heterocycles. The van der Waals surface area contributed by atoms with Gasteiger partial charge in [-0.05, 0) is 25.2 Å². The van der Waals surface area contributed by atoms with Crippen molar-refractivity contribution in [2.24, 2.45) is 11.8 Å². The van der Waals surface area contributed by atoms with Gasteiger partial charge in [0.15, 0.2) is 0 Å². The Morgan fingerprint density at radius 2 is 2.07 bits per heavy atom. The normalized spacial score (nSPS) is 25.5. The van der Waals surface area contributed by atoms with Crippen molar-refractivity contribution in [3.8, 4) is 0 Å². The lowest BCUT2D eigenvalue weighted by atomic mass is 9.90. The maximum absolute atomic E-state index is 11.2. The van der Waals surface area contributed by atoms with Gasteiger partial charge in [-0.15, -0.1) is 0 Å². The van der Waals surface area contributed by atoms with Crippen LogP contribution >= 0.6 is 0 Å². The predicted molar refractivity (Wildman–Crippen MR) is 57.9 cm³/mol. The molecule has 2 atom stereocenters. The Labute approximate surface area is 89.9 Å². The smallest absolute Gasteiger partial charge is 0.303 e. The second-order valence-electron chi connectivity index (χ2n) is 3.87. The van der Waals surface area contributed by atoms with Gasteiger partial charge in [-0.3, -0.25) is 9.59 Å². The summed E-state index contributed by atoms with van der Waals surface area (Å²) in [4.78, 5) is 21.7. The van der Waals surface area contributed by atoms with Crippen molar-refractivity contribution in [2.45, 2.75) is 32.6 Å². The first-order chi connectivity index (χ1) is 6.63. The first kappa shape index (κ1) is 13.8. The first-order valence-electron chi connectivity index (χ1n) is 4.98. The molecule has 0 bridgehead atoms. The lowest BCUT2D eigenvalue weighted by Crippen LogP contribution is -2.12. The molecule has 0 amide bonds. The summed E-state index contributed by atoms with van der Waals surface area (Å²) in [5.74, 6) is -0.285. The molecule has 0 spiro atoms. The molecule has 0 saturated heterocycles. The van der Waals surface area contributed by atoms with Crippen LogP contribution in [0, 0.1) is 11.8 Å². The van der Waals surface area contributed by atoms with E-state index in [1.807, 2.05) is 19.1 Å². The molecule has 1 rings (SSSR count). The van der Waals surface area contributed by atoms with Gasteiger partial charge in [-0.2, -0.15) is 0 Å². The standard InChI is InChI=1S/C11H16O3.H3N/c1-2-3-4-8-5-10(12)6-9(8)7-11(13)14;/h2-3,8-9H,4-7H2,1H3,(H,13,14);1H3/b3-2-;. The van der Waals surface area contributed by atoms with Crippen molar-refractivity contribution in [3.63, 3.8) is 0 Å². The molecule has 0 aromatic heterocycles. The van der Waals surface area contributed by atoms with Crippen molar-refractivity contribution < 1.29 is 14.7 Å². The van der Waals surface area contributed by atoms with Crippen LogP contribution in [-0.4, -0.2) is 16.9 Å². The Balaban J connectivity index is 0.00000196. The van der Waals surface area contributed by atoms with Gasteiger partial charge in [0.25, 0.3) is 0 Å². The summed E-state index contributed by atoms with van der Waals surface area (Å²) in [6, 6.07) is 0. The zero-order valence-electron chi connectivity index (χ0n) is 9.11. The summed E-state index contributed by atoms with van der Waals surface area (Å²) in [6.45, 7) is 1.93. The van der Waals surface area contributed by atoms with Crippen LogP contribution in [-0.2, 0) is 9.59 Å². The summed E-state index contributed by atoms with van der Waals surface area (Å²) < 4.78 is 0. The van der Waals surface area contributed by atoms with Gasteiger partial charge in [0.2, 0.25) is 0 Å². The van der Waals surface area contributed by atoms with Gasteiger partial charge >= 0.3 is 5.97 Å². The van der Waals surface area contributed by atoms with Gasteiger partial charge in [0, 0.05) is 19.3 Å². The molecule has 4 nitrogen and oxygen atoms in total. The Morgan fingerprint density at radius 3 is 2.60 bits per heavy atom. The number of carbonyl (C=O) groups is 2. The van der Waals surface area contributed by atoms with E-state index in [0.717, 1.165) is 6.42 Å². The summed E-state index contributed by atoms with van der Waals surface area (Å²) in [6.07, 6.45) is 5.93. The van der Waals surface area contributed by atoms with Crippen LogP contribution in [0.25, 0.3) is 0 Å². The molecule has 2 unspecified atom stereocenters. The van der Waals surface area contributed by atoms with E-state index in [9.17, 15) is 9.59 Å². The number of allylic oxidation sites excluding steroid dienone is 2. The molecule has 0 aromatic rings. The quantitative estimate of drug-likeness (QED) is 0.700. The highest BCUT2D eigenvalue weighted by molar-refractivity contribution is 5.82. The van der Waals surface area contributed by atoms with Crippen LogP contribution in [0.3, 0.4) is 0 Å². The maximum Gasteiger partial charge on any atom is 0.303 e. The highest BCUT2D eigenvalue weighted by Crippen LogP contribution is 2.34. The molecular formula is C11H19NO3. The van der Waals surface area contributed by atoms with Crippen LogP contribution in [0.4, 0.5) is 0 Å². The molecule has 0 radical (unpaired) electrons. The number of rotatable bonds is 4. The minimum Gasteiger partial charge on any atom is -0.481 e. The average Bonchev–Trinajstić information content (AvgIpc) is 2.41. The molecule has 1 saturated carbocycles. The fourth-order valence-corrected chi connectivity index (χ4v) is 2.05. The maximum atomic E-state index is 11.2. The highest BCUT2D eigenvalue weighted by Gasteiger charge is 2.33. The van der Waals surface area contributed by atoms with Crippen molar-refractivity contribution in [2.75, 3.05) is 0 Å². The van der Waals surface area contributed by atoms with E-state index in [0.29, 0.717) is 12.8 Å². The summed E-state index contributed by atoms with van der Waals surface area (Å²) in [5.41, 5.74) is 0. The van der Waals surface area contributed by atoms with E-state index < -0.39 is 5.97 Å². The third kappa shape index (κ3) is 4.25. The molecule has 0 aromatic carbocycles. The van der Waals surface area contributed by atoms with Crippen molar-refractivity contribution >= 4 is 11.8 Å². The van der Waals surface area contributed by atoms with E-state index in [-0.39, 0.29) is 30.2 Å². The predicted octanol–water partition coefficient (Wildman–Crippen LogP) is 2.18. The summed E-state index contributed by atoms with van der Waals surface area (Å²) in [5, 5.41) is 8.67. The molecule has 4 heteroatoms. The van der Waals surface area contributed by atoms with Gasteiger partial charge in [0.1, 0.15) is 5.78 Å². The van der Waals surface area contributed by atoms with E-state index in [1.54, 1.807) is 0 Å². The van der Waals surface area contributed by atoms with Gasteiger partial charge in [-0.25, -0.2) is 0 Å². The number of hydrogen-bond donors (Lipinski definition) is 2. The van der Waals surface area contributed by atoms with Crippen LogP contribution in [0.5, 0.6) is 0 Å². The van der Waals surface area contributed by atoms with Gasteiger partial charge in [0.05, 0.1) is 0 Å². The second kappa shape index (κ2) is 6.35. The van der Waals surface area contributed by atoms with Crippen LogP contribution in [0.2, 0.25) is 0 Å². The fraction of sp³-hybridized carbons (Fsp3) is 0.636. The summed E-state index contributed by atoms with van der Waals surface area (Å²) >= 11 is 0. The third-order valence-electron chi connectivity index (χ3n) is 2.76. The average molecular weight is 213 g/mol. The number of carboxylic acid groups (broad SMARTS) is 1. The molecule has 1 fully saturated rings. The number of hydrogen-bond acceptors (Lipinski definition) is 3. The molecule has 0 heterocycles. The molecule has 1 aliphatic rings. The first-order valence-corrected chi connectivity index (χ1v) is 4.98. The number of carbonyl (C=O) groups excluding carboxylic acids is 1. The molecular weight excluding hydrogens is 194 g/mol. The topological polar surface area (TPSA) is 89.4 Å². The molecule has 1 aliphatic carbocycles. The van der Waals surface area contributed by atoms with E-state index >= 15 is 0 Å². The Morgan fingerprint density at radius 1 is 1.47 bits per heavy atom. The lowest BCUT2D eigenvalue weighted by Gasteiger charge is -2.14. The zero-order valence-corrected chi connectivity index (χ0v) is 9.11. The van der Waals surface area contributed by atoms with Crippen molar-refractivity contribution in [1.82, 2.24) is 6.15 Å². The minimum absolute atomic E-state index is 0. The van der Waals surface area contributed by atoms with E-state index in [4.69, 9.17) is 5.11 Å². The largest absolute Gasteiger partial charge is 0.481 e. The zero-order chi connectivity index (χ0) is 10.6. The molecule has 86 valence electrons. The molecule has 15 heavy (non-hydrogen) atoms. The lowest BCUT2D eigenvalue weighted by molar-refractivity contribution is -0.138. The molecule has 4 N–H and O–H groups in total. The summed E-state index contributed by atoms with van der Waals surface area (Å²) in [7, 11) is 0. The van der Waals surface area contributed by atoms with Crippen LogP contribution in [0.1, 0.15) is 32.6 Å². The Hall–Kier alpha value is -1.16. The third-order valence-corrected chi connectivity index (χ3v) is 2.76. The number of carboxylic acids is 1. The van der Waals surface area contributed by atoms with Crippen LogP contribution < -0.4 is 6.15 Å². The minimum atomic E-state index is -0.796. The van der Waals surface area contributed by atoms with Crippen LogP contribution in [0.15, 0.2) is 12.2 Å². The van der Waals surface area contributed by atoms with Gasteiger partial charge < -0.3 is 11.3 Å². The number of ketones is 1. The van der Waals surface area contributed by atoms with E-state index in [1.165, 1.54) is 0 Å². The fourth-order valence-electron chi connectivity index (χ4n) is 2.05. The Bertz CT molecular complexity index is 261. The number of aliphatic carboxylic acids is 1. The van der Waals surface area contributed by atoms with E-state index in [2.05, 4.69) is 0 Å². The monoisotopic (exact) mass is 213 g/mol.